The lowest BCUT2D eigenvalue weighted by atomic mass is 10.1. The van der Waals surface area contributed by atoms with E-state index < -0.39 is 9.28 Å². The molecular weight excluding hydrogens is 256 g/mol. The van der Waals surface area contributed by atoms with E-state index >= 15 is 0 Å². The molecule has 0 saturated carbocycles. The Labute approximate surface area is 118 Å². The third kappa shape index (κ3) is 6.68. The molecule has 0 aromatic heterocycles. The number of hydrogen-bond acceptors (Lipinski definition) is 3. The smallest absolute Gasteiger partial charge is 0.384 e. The number of hydrogen-bond donors (Lipinski definition) is 0. The molecule has 0 fully saturated rings. The Hall–Kier alpha value is -0.943. The fourth-order valence-electron chi connectivity index (χ4n) is 1.76. The average molecular weight is 279 g/mol. The van der Waals surface area contributed by atoms with E-state index in [1.54, 1.807) is 14.2 Å². The minimum absolute atomic E-state index is 0.661. The third-order valence-electron chi connectivity index (χ3n) is 2.83. The molecule has 0 atom stereocenters. The van der Waals surface area contributed by atoms with Gasteiger partial charge in [-0.1, -0.05) is 30.9 Å². The van der Waals surface area contributed by atoms with Crippen LogP contribution in [0.25, 0.3) is 6.08 Å². The van der Waals surface area contributed by atoms with Crippen LogP contribution in [0.2, 0.25) is 6.04 Å². The number of ether oxygens (including phenoxy) is 1. The van der Waals surface area contributed by atoms with Crippen LogP contribution in [0.15, 0.2) is 30.8 Å². The zero-order valence-electron chi connectivity index (χ0n) is 11.9. The highest BCUT2D eigenvalue weighted by Gasteiger charge is 2.10. The highest BCUT2D eigenvalue weighted by Crippen LogP contribution is 2.09. The van der Waals surface area contributed by atoms with Crippen molar-refractivity contribution in [3.63, 3.8) is 0 Å². The maximum Gasteiger partial charge on any atom is 0.384 e. The standard InChI is InChI=1S/C15H23O3Si/c1-4-14-8-7-9-15(12-14)13-18-10-5-6-11-19(16-2)17-3/h4,7-9,12H,1,5-6,10-11,13H2,2-3H3. The van der Waals surface area contributed by atoms with Gasteiger partial charge in [0.25, 0.3) is 0 Å². The summed E-state index contributed by atoms with van der Waals surface area (Å²) in [6, 6.07) is 9.25. The van der Waals surface area contributed by atoms with E-state index in [4.69, 9.17) is 13.6 Å². The first-order valence-corrected chi connectivity index (χ1v) is 8.05. The fraction of sp³-hybridized carbons (Fsp3) is 0.467. The zero-order valence-corrected chi connectivity index (χ0v) is 12.9. The van der Waals surface area contributed by atoms with Crippen molar-refractivity contribution < 1.29 is 13.6 Å². The van der Waals surface area contributed by atoms with Gasteiger partial charge in [0.05, 0.1) is 6.61 Å². The van der Waals surface area contributed by atoms with Gasteiger partial charge in [0.2, 0.25) is 0 Å². The highest BCUT2D eigenvalue weighted by atomic mass is 28.3. The van der Waals surface area contributed by atoms with Crippen molar-refractivity contribution in [3.8, 4) is 0 Å². The first-order chi connectivity index (χ1) is 9.30. The van der Waals surface area contributed by atoms with Crippen LogP contribution in [-0.4, -0.2) is 30.1 Å². The van der Waals surface area contributed by atoms with Gasteiger partial charge in [-0.2, -0.15) is 0 Å². The van der Waals surface area contributed by atoms with Gasteiger partial charge < -0.3 is 13.6 Å². The molecule has 3 nitrogen and oxygen atoms in total. The predicted octanol–water partition coefficient (Wildman–Crippen LogP) is 3.41. The van der Waals surface area contributed by atoms with Crippen molar-refractivity contribution in [3.05, 3.63) is 42.0 Å². The lowest BCUT2D eigenvalue weighted by Gasteiger charge is -2.09. The Bertz CT molecular complexity index is 364. The van der Waals surface area contributed by atoms with Crippen LogP contribution in [0.1, 0.15) is 24.0 Å². The van der Waals surface area contributed by atoms with Crippen molar-refractivity contribution >= 4 is 15.4 Å². The molecule has 0 N–H and O–H groups in total. The first-order valence-electron chi connectivity index (χ1n) is 6.53. The van der Waals surface area contributed by atoms with E-state index in [1.165, 1.54) is 5.56 Å². The molecule has 1 aromatic carbocycles. The van der Waals surface area contributed by atoms with Gasteiger partial charge in [0.15, 0.2) is 0 Å². The maximum atomic E-state index is 5.66. The minimum Gasteiger partial charge on any atom is -0.397 e. The molecule has 0 aliphatic rings. The van der Waals surface area contributed by atoms with Gasteiger partial charge in [-0.25, -0.2) is 0 Å². The van der Waals surface area contributed by atoms with E-state index in [0.717, 1.165) is 31.1 Å². The van der Waals surface area contributed by atoms with E-state index in [1.807, 2.05) is 18.2 Å². The van der Waals surface area contributed by atoms with Crippen molar-refractivity contribution in [2.75, 3.05) is 20.8 Å². The monoisotopic (exact) mass is 279 g/mol. The van der Waals surface area contributed by atoms with Gasteiger partial charge in [-0.05, 0) is 36.1 Å². The fourth-order valence-corrected chi connectivity index (χ4v) is 2.87. The van der Waals surface area contributed by atoms with E-state index in [9.17, 15) is 0 Å². The summed E-state index contributed by atoms with van der Waals surface area (Å²) >= 11 is 0. The van der Waals surface area contributed by atoms with Crippen molar-refractivity contribution in [2.24, 2.45) is 0 Å². The Morgan fingerprint density at radius 2 is 2.00 bits per heavy atom. The van der Waals surface area contributed by atoms with Crippen LogP contribution in [0, 0.1) is 0 Å². The zero-order chi connectivity index (χ0) is 13.9. The molecule has 0 amide bonds. The predicted molar refractivity (Wildman–Crippen MR) is 80.0 cm³/mol. The molecule has 0 unspecified atom stereocenters. The normalized spacial score (nSPS) is 10.9. The second-order valence-electron chi connectivity index (χ2n) is 4.24. The molecule has 19 heavy (non-hydrogen) atoms. The molecule has 0 aliphatic heterocycles. The second kappa shape index (κ2) is 9.92. The van der Waals surface area contributed by atoms with Gasteiger partial charge in [-0.3, -0.25) is 0 Å². The summed E-state index contributed by atoms with van der Waals surface area (Å²) in [6.07, 6.45) is 3.98. The van der Waals surface area contributed by atoms with Gasteiger partial charge in [-0.15, -0.1) is 0 Å². The van der Waals surface area contributed by atoms with E-state index in [2.05, 4.69) is 18.7 Å². The molecule has 1 rings (SSSR count). The molecule has 1 aromatic rings. The summed E-state index contributed by atoms with van der Waals surface area (Å²) in [5.74, 6) is 0. The summed E-state index contributed by atoms with van der Waals surface area (Å²) in [5, 5.41) is 0. The average Bonchev–Trinajstić information content (AvgIpc) is 2.47. The van der Waals surface area contributed by atoms with Gasteiger partial charge >= 0.3 is 9.28 Å². The van der Waals surface area contributed by atoms with Crippen molar-refractivity contribution in [2.45, 2.75) is 25.5 Å². The quantitative estimate of drug-likeness (QED) is 0.485. The molecule has 4 heteroatoms. The molecule has 0 spiro atoms. The van der Waals surface area contributed by atoms with Crippen LogP contribution in [-0.2, 0) is 20.2 Å². The molecule has 0 heterocycles. The second-order valence-corrected chi connectivity index (χ2v) is 6.30. The Morgan fingerprint density at radius 1 is 1.21 bits per heavy atom. The lowest BCUT2D eigenvalue weighted by molar-refractivity contribution is 0.117. The summed E-state index contributed by atoms with van der Waals surface area (Å²) in [5.41, 5.74) is 2.32. The molecule has 105 valence electrons. The largest absolute Gasteiger partial charge is 0.397 e. The lowest BCUT2D eigenvalue weighted by Crippen LogP contribution is -2.18. The molecule has 0 bridgehead atoms. The van der Waals surface area contributed by atoms with E-state index in [-0.39, 0.29) is 0 Å². The van der Waals surface area contributed by atoms with E-state index in [0.29, 0.717) is 6.61 Å². The molecular formula is C15H23O3Si. The van der Waals surface area contributed by atoms with Gasteiger partial charge in [0.1, 0.15) is 0 Å². The van der Waals surface area contributed by atoms with Crippen LogP contribution < -0.4 is 0 Å². The van der Waals surface area contributed by atoms with Gasteiger partial charge in [0, 0.05) is 20.8 Å². The Balaban J connectivity index is 2.12. The molecule has 1 radical (unpaired) electrons. The number of unbranched alkanes of at least 4 members (excludes halogenated alkanes) is 1. The molecule has 0 aliphatic carbocycles. The summed E-state index contributed by atoms with van der Waals surface area (Å²) in [6.45, 7) is 5.20. The maximum absolute atomic E-state index is 5.66. The summed E-state index contributed by atoms with van der Waals surface area (Å²) in [4.78, 5) is 0. The number of benzene rings is 1. The van der Waals surface area contributed by atoms with Crippen LogP contribution in [0.5, 0.6) is 0 Å². The minimum atomic E-state index is -1.04. The van der Waals surface area contributed by atoms with Crippen molar-refractivity contribution in [1.82, 2.24) is 0 Å². The summed E-state index contributed by atoms with van der Waals surface area (Å²) < 4.78 is 16.1. The summed E-state index contributed by atoms with van der Waals surface area (Å²) in [7, 11) is 2.38. The highest BCUT2D eigenvalue weighted by molar-refractivity contribution is 6.44. The van der Waals surface area contributed by atoms with Crippen LogP contribution in [0.4, 0.5) is 0 Å². The van der Waals surface area contributed by atoms with Crippen molar-refractivity contribution in [1.29, 1.82) is 0 Å². The Morgan fingerprint density at radius 3 is 2.68 bits per heavy atom. The van der Waals surface area contributed by atoms with Crippen LogP contribution in [0.3, 0.4) is 0 Å². The topological polar surface area (TPSA) is 27.7 Å². The Kier molecular flexibility index (Phi) is 8.41. The van der Waals surface area contributed by atoms with Crippen LogP contribution >= 0.6 is 0 Å². The first kappa shape index (κ1) is 16.1. The molecule has 0 saturated heterocycles. The third-order valence-corrected chi connectivity index (χ3v) is 4.50. The number of rotatable bonds is 10. The SMILES string of the molecule is C=Cc1cccc(COCCCC[Si](OC)OC)c1.